The lowest BCUT2D eigenvalue weighted by Crippen LogP contribution is -2.59. The third-order valence-corrected chi connectivity index (χ3v) is 9.36. The van der Waals surface area contributed by atoms with Gasteiger partial charge in [-0.05, 0) is 81.6 Å². The van der Waals surface area contributed by atoms with Crippen molar-refractivity contribution in [2.45, 2.75) is 62.1 Å². The lowest BCUT2D eigenvalue weighted by molar-refractivity contribution is -0.0977. The predicted molar refractivity (Wildman–Crippen MR) is 126 cm³/mol. The number of aliphatic hydroxyl groups excluding tert-OH is 1. The molecule has 2 aromatic heterocycles. The standard InChI is InChI=1S/C25H30ClN5O2/c1-24(15-33-14-23(24)32)29-4-2-17(3-5-29)20-7-22-18(6-21(20)26)11-28-31(22)19-12-27-30(13-19)25-8-16(9-25)10-25/h6-7,11-13,16-17,23,32H,2-5,8-10,14-15H2,1H3/t16?,23-,24?,25?/m1/s1. The molecule has 2 bridgehead atoms. The lowest BCUT2D eigenvalue weighted by atomic mass is 9.50. The van der Waals surface area contributed by atoms with Crippen LogP contribution in [-0.2, 0) is 10.3 Å². The number of likely N-dealkylation sites (tertiary alicyclic amines) is 1. The molecule has 0 amide bonds. The molecule has 3 aromatic rings. The summed E-state index contributed by atoms with van der Waals surface area (Å²) in [7, 11) is 0. The summed E-state index contributed by atoms with van der Waals surface area (Å²) < 4.78 is 9.73. The molecule has 2 atom stereocenters. The van der Waals surface area contributed by atoms with E-state index in [9.17, 15) is 5.11 Å². The third-order valence-electron chi connectivity index (χ3n) is 9.04. The first-order chi connectivity index (χ1) is 16.0. The van der Waals surface area contributed by atoms with Crippen LogP contribution in [0.3, 0.4) is 0 Å². The van der Waals surface area contributed by atoms with Gasteiger partial charge < -0.3 is 9.84 Å². The van der Waals surface area contributed by atoms with Gasteiger partial charge in [0, 0.05) is 10.4 Å². The Labute approximate surface area is 198 Å². The van der Waals surface area contributed by atoms with Crippen LogP contribution in [0.15, 0.2) is 30.7 Å². The molecule has 174 valence electrons. The highest BCUT2D eigenvalue weighted by Crippen LogP contribution is 2.62. The fraction of sp³-hybridized carbons (Fsp3) is 0.600. The number of aromatic nitrogens is 4. The van der Waals surface area contributed by atoms with Gasteiger partial charge in [0.2, 0.25) is 0 Å². The predicted octanol–water partition coefficient (Wildman–Crippen LogP) is 3.71. The summed E-state index contributed by atoms with van der Waals surface area (Å²) in [5, 5.41) is 21.7. The minimum atomic E-state index is -0.422. The molecule has 0 spiro atoms. The second-order valence-corrected chi connectivity index (χ2v) is 11.4. The number of piperidine rings is 1. The first-order valence-electron chi connectivity index (χ1n) is 12.2. The molecule has 7 nitrogen and oxygen atoms in total. The summed E-state index contributed by atoms with van der Waals surface area (Å²) in [4.78, 5) is 2.40. The maximum absolute atomic E-state index is 10.4. The van der Waals surface area contributed by atoms with Crippen LogP contribution in [0.25, 0.3) is 16.6 Å². The van der Waals surface area contributed by atoms with Crippen LogP contribution < -0.4 is 0 Å². The molecule has 4 heterocycles. The molecule has 2 aliphatic heterocycles. The van der Waals surface area contributed by atoms with Gasteiger partial charge in [0.1, 0.15) is 5.69 Å². The highest BCUT2D eigenvalue weighted by Gasteiger charge is 2.58. The third kappa shape index (κ3) is 2.92. The van der Waals surface area contributed by atoms with Gasteiger partial charge in [-0.1, -0.05) is 11.6 Å². The SMILES string of the molecule is CC1(N2CCC(c3cc4c(cnn4-c4cnn(C56CC(C5)C6)c4)cc3Cl)CC2)COC[C@H]1O. The van der Waals surface area contributed by atoms with E-state index in [4.69, 9.17) is 21.4 Å². The molecule has 8 heteroatoms. The molecule has 0 radical (unpaired) electrons. The number of benzene rings is 1. The van der Waals surface area contributed by atoms with E-state index < -0.39 is 6.10 Å². The highest BCUT2D eigenvalue weighted by atomic mass is 35.5. The largest absolute Gasteiger partial charge is 0.389 e. The topological polar surface area (TPSA) is 68.3 Å². The minimum Gasteiger partial charge on any atom is -0.389 e. The number of halogens is 1. The Bertz CT molecular complexity index is 1210. The second-order valence-electron chi connectivity index (χ2n) is 11.0. The van der Waals surface area contributed by atoms with E-state index in [0.717, 1.165) is 53.5 Å². The molecule has 1 unspecified atom stereocenters. The number of nitrogens with zero attached hydrogens (tertiary/aromatic N) is 5. The first kappa shape index (κ1) is 20.4. The van der Waals surface area contributed by atoms with Crippen LogP contribution in [-0.4, -0.2) is 67.5 Å². The van der Waals surface area contributed by atoms with E-state index in [0.29, 0.717) is 19.1 Å². The summed E-state index contributed by atoms with van der Waals surface area (Å²) in [6.07, 6.45) is 11.4. The number of aliphatic hydroxyl groups is 1. The average molecular weight is 468 g/mol. The van der Waals surface area contributed by atoms with Crippen LogP contribution in [0.1, 0.15) is 50.5 Å². The van der Waals surface area contributed by atoms with E-state index in [-0.39, 0.29) is 11.1 Å². The van der Waals surface area contributed by atoms with Crippen molar-refractivity contribution in [2.24, 2.45) is 5.92 Å². The van der Waals surface area contributed by atoms with Crippen molar-refractivity contribution >= 4 is 22.5 Å². The number of hydrogen-bond acceptors (Lipinski definition) is 5. The van der Waals surface area contributed by atoms with Crippen molar-refractivity contribution < 1.29 is 9.84 Å². The number of hydrogen-bond donors (Lipinski definition) is 1. The Kier molecular flexibility index (Phi) is 4.36. The normalized spacial score (nSPS) is 34.5. The van der Waals surface area contributed by atoms with Gasteiger partial charge in [0.15, 0.2) is 0 Å². The van der Waals surface area contributed by atoms with Gasteiger partial charge in [0.05, 0.1) is 54.5 Å². The molecule has 33 heavy (non-hydrogen) atoms. The zero-order chi connectivity index (χ0) is 22.4. The summed E-state index contributed by atoms with van der Waals surface area (Å²) in [6.45, 7) is 5.02. The fourth-order valence-electron chi connectivity index (χ4n) is 6.63. The Morgan fingerprint density at radius 3 is 2.58 bits per heavy atom. The van der Waals surface area contributed by atoms with Crippen molar-refractivity contribution in [1.29, 1.82) is 0 Å². The quantitative estimate of drug-likeness (QED) is 0.633. The van der Waals surface area contributed by atoms with Crippen LogP contribution >= 0.6 is 11.6 Å². The summed E-state index contributed by atoms with van der Waals surface area (Å²) in [5.74, 6) is 1.32. The van der Waals surface area contributed by atoms with Crippen LogP contribution in [0.4, 0.5) is 0 Å². The summed E-state index contributed by atoms with van der Waals surface area (Å²) in [5.41, 5.74) is 3.30. The first-order valence-corrected chi connectivity index (χ1v) is 12.6. The molecule has 1 aromatic carbocycles. The molecule has 8 rings (SSSR count). The zero-order valence-corrected chi connectivity index (χ0v) is 19.7. The minimum absolute atomic E-state index is 0.280. The van der Waals surface area contributed by atoms with Crippen molar-refractivity contribution in [2.75, 3.05) is 26.3 Å². The molecular weight excluding hydrogens is 438 g/mol. The van der Waals surface area contributed by atoms with E-state index >= 15 is 0 Å². The smallest absolute Gasteiger partial charge is 0.103 e. The van der Waals surface area contributed by atoms with E-state index in [1.807, 2.05) is 17.1 Å². The van der Waals surface area contributed by atoms with Crippen LogP contribution in [0.2, 0.25) is 5.02 Å². The van der Waals surface area contributed by atoms with Crippen LogP contribution in [0.5, 0.6) is 0 Å². The van der Waals surface area contributed by atoms with Gasteiger partial charge in [-0.2, -0.15) is 10.2 Å². The van der Waals surface area contributed by atoms with Gasteiger partial charge >= 0.3 is 0 Å². The van der Waals surface area contributed by atoms with Gasteiger partial charge in [-0.3, -0.25) is 9.58 Å². The molecular formula is C25H30ClN5O2. The van der Waals surface area contributed by atoms with Crippen molar-refractivity contribution in [1.82, 2.24) is 24.5 Å². The van der Waals surface area contributed by atoms with E-state index in [1.54, 1.807) is 0 Å². The Hall–Kier alpha value is -1.93. The summed E-state index contributed by atoms with van der Waals surface area (Å²) >= 11 is 6.77. The Balaban J connectivity index is 1.16. The Morgan fingerprint density at radius 1 is 1.12 bits per heavy atom. The Morgan fingerprint density at radius 2 is 1.91 bits per heavy atom. The number of rotatable bonds is 4. The van der Waals surface area contributed by atoms with E-state index in [2.05, 4.69) is 39.9 Å². The highest BCUT2D eigenvalue weighted by molar-refractivity contribution is 6.32. The maximum Gasteiger partial charge on any atom is 0.103 e. The summed E-state index contributed by atoms with van der Waals surface area (Å²) in [6, 6.07) is 4.29. The second kappa shape index (κ2) is 7.04. The average Bonchev–Trinajstić information content (AvgIpc) is 3.45. The van der Waals surface area contributed by atoms with Crippen molar-refractivity contribution in [3.63, 3.8) is 0 Å². The van der Waals surface area contributed by atoms with Gasteiger partial charge in [-0.15, -0.1) is 0 Å². The molecule has 3 saturated carbocycles. The maximum atomic E-state index is 10.4. The molecule has 3 aliphatic carbocycles. The van der Waals surface area contributed by atoms with Gasteiger partial charge in [-0.25, -0.2) is 4.68 Å². The number of ether oxygens (including phenoxy) is 1. The number of fused-ring (bicyclic) bond motifs is 1. The van der Waals surface area contributed by atoms with Gasteiger partial charge in [0.25, 0.3) is 0 Å². The zero-order valence-electron chi connectivity index (χ0n) is 19.0. The van der Waals surface area contributed by atoms with Crippen molar-refractivity contribution in [3.05, 3.63) is 41.3 Å². The molecule has 5 aliphatic rings. The van der Waals surface area contributed by atoms with Crippen molar-refractivity contribution in [3.8, 4) is 5.69 Å². The fourth-order valence-corrected chi connectivity index (χ4v) is 6.96. The van der Waals surface area contributed by atoms with E-state index in [1.165, 1.54) is 24.8 Å². The monoisotopic (exact) mass is 467 g/mol. The molecule has 5 fully saturated rings. The van der Waals surface area contributed by atoms with Crippen LogP contribution in [0, 0.1) is 5.92 Å². The lowest BCUT2D eigenvalue weighted by Gasteiger charge is -2.61. The molecule has 1 N–H and O–H groups in total. The molecule has 2 saturated heterocycles.